The third-order valence-electron chi connectivity index (χ3n) is 4.64. The lowest BCUT2D eigenvalue weighted by molar-refractivity contribution is -0.152. The Morgan fingerprint density at radius 1 is 1.38 bits per heavy atom. The van der Waals surface area contributed by atoms with E-state index >= 15 is 0 Å². The summed E-state index contributed by atoms with van der Waals surface area (Å²) in [5.74, 6) is -1.92. The number of ether oxygens (including phenoxy) is 1. The minimum Gasteiger partial charge on any atom is -0.481 e. The molecule has 0 unspecified atom stereocenters. The zero-order chi connectivity index (χ0) is 15.8. The topological polar surface area (TPSA) is 66.8 Å². The minimum absolute atomic E-state index is 0.241. The maximum absolute atomic E-state index is 12.1. The third-order valence-corrected chi connectivity index (χ3v) is 4.64. The number of carboxylic acid groups (broad SMARTS) is 1. The number of likely N-dealkylation sites (N-methyl/N-ethyl adjacent to an activating group) is 1. The molecule has 1 aliphatic heterocycles. The van der Waals surface area contributed by atoms with Crippen LogP contribution in [0.4, 0.5) is 0 Å². The monoisotopic (exact) mass is 291 g/mol. The smallest absolute Gasteiger partial charge is 0.326 e. The molecule has 0 saturated carbocycles. The Morgan fingerprint density at radius 2 is 2.00 bits per heavy atom. The summed E-state index contributed by atoms with van der Waals surface area (Å²) in [5.41, 5.74) is 1.04. The van der Waals surface area contributed by atoms with Gasteiger partial charge in [-0.25, -0.2) is 0 Å². The van der Waals surface area contributed by atoms with Gasteiger partial charge >= 0.3 is 11.9 Å². The van der Waals surface area contributed by atoms with Gasteiger partial charge in [-0.2, -0.15) is 0 Å². The molecule has 1 fully saturated rings. The molecule has 0 spiro atoms. The molecule has 0 bridgehead atoms. The quantitative estimate of drug-likeness (QED) is 0.863. The maximum Gasteiger partial charge on any atom is 0.326 e. The molecule has 1 saturated heterocycles. The first-order valence-corrected chi connectivity index (χ1v) is 6.92. The largest absolute Gasteiger partial charge is 0.481 e. The molecular formula is C16H21NO4. The van der Waals surface area contributed by atoms with Crippen LogP contribution in [0.5, 0.6) is 0 Å². The van der Waals surface area contributed by atoms with Crippen LogP contribution in [0.15, 0.2) is 24.3 Å². The Bertz CT molecular complexity index is 571. The SMILES string of the molecule is COC(=O)[C@]1(C)C[C@H](C(=O)O)[C@H](c2ccccc2C)N1C. The van der Waals surface area contributed by atoms with E-state index in [9.17, 15) is 14.7 Å². The van der Waals surface area contributed by atoms with Gasteiger partial charge in [0.2, 0.25) is 0 Å². The molecule has 114 valence electrons. The molecule has 0 aliphatic carbocycles. The van der Waals surface area contributed by atoms with Crippen LogP contribution in [0.2, 0.25) is 0 Å². The number of aliphatic carboxylic acids is 1. The molecule has 21 heavy (non-hydrogen) atoms. The van der Waals surface area contributed by atoms with E-state index in [4.69, 9.17) is 4.74 Å². The van der Waals surface area contributed by atoms with Crippen molar-refractivity contribution in [3.05, 3.63) is 35.4 Å². The van der Waals surface area contributed by atoms with Crippen LogP contribution in [-0.2, 0) is 14.3 Å². The van der Waals surface area contributed by atoms with E-state index in [1.165, 1.54) is 7.11 Å². The lowest BCUT2D eigenvalue weighted by atomic mass is 9.89. The minimum atomic E-state index is -0.926. The van der Waals surface area contributed by atoms with Crippen molar-refractivity contribution >= 4 is 11.9 Å². The number of esters is 1. The number of likely N-dealkylation sites (tertiary alicyclic amines) is 1. The summed E-state index contributed by atoms with van der Waals surface area (Å²) in [6, 6.07) is 7.35. The van der Waals surface area contributed by atoms with Gasteiger partial charge < -0.3 is 9.84 Å². The van der Waals surface area contributed by atoms with E-state index < -0.39 is 23.4 Å². The fourth-order valence-electron chi connectivity index (χ4n) is 3.27. The number of carbonyl (C=O) groups excluding carboxylic acids is 1. The average Bonchev–Trinajstić information content (AvgIpc) is 2.73. The summed E-state index contributed by atoms with van der Waals surface area (Å²) in [5, 5.41) is 9.56. The molecule has 5 nitrogen and oxygen atoms in total. The normalized spacial score (nSPS) is 29.3. The zero-order valence-corrected chi connectivity index (χ0v) is 12.8. The van der Waals surface area contributed by atoms with E-state index in [-0.39, 0.29) is 12.5 Å². The number of methoxy groups -OCH3 is 1. The maximum atomic E-state index is 12.1. The van der Waals surface area contributed by atoms with Crippen molar-refractivity contribution in [3.63, 3.8) is 0 Å². The predicted molar refractivity (Wildman–Crippen MR) is 77.8 cm³/mol. The number of benzene rings is 1. The van der Waals surface area contributed by atoms with Crippen LogP contribution >= 0.6 is 0 Å². The fraction of sp³-hybridized carbons (Fsp3) is 0.500. The van der Waals surface area contributed by atoms with Gasteiger partial charge in [0.15, 0.2) is 0 Å². The molecule has 0 radical (unpaired) electrons. The van der Waals surface area contributed by atoms with Gasteiger partial charge in [-0.3, -0.25) is 14.5 Å². The standard InChI is InChI=1S/C16H21NO4/c1-10-7-5-6-8-11(10)13-12(14(18)19)9-16(2,17(13)3)15(20)21-4/h5-8,12-13H,9H2,1-4H3,(H,18,19)/t12-,13-,16-/m0/s1. The van der Waals surface area contributed by atoms with Gasteiger partial charge in [0.05, 0.1) is 13.0 Å². The van der Waals surface area contributed by atoms with Crippen molar-refractivity contribution in [2.75, 3.05) is 14.2 Å². The number of carbonyl (C=O) groups is 2. The van der Waals surface area contributed by atoms with Crippen molar-refractivity contribution in [1.29, 1.82) is 0 Å². The van der Waals surface area contributed by atoms with E-state index in [1.54, 1.807) is 14.0 Å². The van der Waals surface area contributed by atoms with Crippen LogP contribution < -0.4 is 0 Å². The van der Waals surface area contributed by atoms with Gasteiger partial charge in [0.1, 0.15) is 5.54 Å². The van der Waals surface area contributed by atoms with Crippen molar-refractivity contribution < 1.29 is 19.4 Å². The first-order chi connectivity index (χ1) is 9.82. The second kappa shape index (κ2) is 5.48. The third kappa shape index (κ3) is 2.42. The van der Waals surface area contributed by atoms with E-state index in [0.717, 1.165) is 11.1 Å². The summed E-state index contributed by atoms with van der Waals surface area (Å²) in [4.78, 5) is 25.6. The van der Waals surface area contributed by atoms with Crippen LogP contribution in [0.3, 0.4) is 0 Å². The van der Waals surface area contributed by atoms with Crippen LogP contribution in [-0.4, -0.2) is 41.6 Å². The van der Waals surface area contributed by atoms with Gasteiger partial charge in [-0.1, -0.05) is 24.3 Å². The summed E-state index contributed by atoms with van der Waals surface area (Å²) in [7, 11) is 3.12. The number of rotatable bonds is 3. The Morgan fingerprint density at radius 3 is 2.52 bits per heavy atom. The predicted octanol–water partition coefficient (Wildman–Crippen LogP) is 2.00. The van der Waals surface area contributed by atoms with Crippen LogP contribution in [0.25, 0.3) is 0 Å². The van der Waals surface area contributed by atoms with Gasteiger partial charge in [-0.05, 0) is 38.4 Å². The van der Waals surface area contributed by atoms with Crippen molar-refractivity contribution in [2.24, 2.45) is 5.92 Å². The van der Waals surface area contributed by atoms with Crippen LogP contribution in [0, 0.1) is 12.8 Å². The highest BCUT2D eigenvalue weighted by Gasteiger charge is 2.55. The summed E-state index contributed by atoms with van der Waals surface area (Å²) >= 11 is 0. The highest BCUT2D eigenvalue weighted by atomic mass is 16.5. The molecule has 1 aromatic carbocycles. The number of carboxylic acids is 1. The number of nitrogens with zero attached hydrogens (tertiary/aromatic N) is 1. The Kier molecular flexibility index (Phi) is 4.05. The molecule has 1 heterocycles. The second-order valence-electron chi connectivity index (χ2n) is 5.83. The summed E-state index contributed by atoms with van der Waals surface area (Å²) in [6.45, 7) is 3.70. The Balaban J connectivity index is 2.50. The van der Waals surface area contributed by atoms with Gasteiger partial charge in [0, 0.05) is 6.04 Å². The van der Waals surface area contributed by atoms with E-state index in [2.05, 4.69) is 0 Å². The molecule has 3 atom stereocenters. The zero-order valence-electron chi connectivity index (χ0n) is 12.8. The summed E-state index contributed by atoms with van der Waals surface area (Å²) in [6.07, 6.45) is 0.241. The first-order valence-electron chi connectivity index (χ1n) is 6.92. The van der Waals surface area contributed by atoms with E-state index in [1.807, 2.05) is 36.1 Å². The highest BCUT2D eigenvalue weighted by molar-refractivity contribution is 5.83. The lowest BCUT2D eigenvalue weighted by Crippen LogP contribution is -2.47. The first kappa shape index (κ1) is 15.5. The summed E-state index contributed by atoms with van der Waals surface area (Å²) < 4.78 is 4.88. The molecular weight excluding hydrogens is 270 g/mol. The molecule has 1 aliphatic rings. The fourth-order valence-corrected chi connectivity index (χ4v) is 3.27. The number of hydrogen-bond acceptors (Lipinski definition) is 4. The molecule has 0 amide bonds. The molecule has 1 N–H and O–H groups in total. The molecule has 2 rings (SSSR count). The Labute approximate surface area is 124 Å². The highest BCUT2D eigenvalue weighted by Crippen LogP contribution is 2.46. The van der Waals surface area contributed by atoms with Crippen molar-refractivity contribution in [2.45, 2.75) is 31.8 Å². The Hall–Kier alpha value is -1.88. The molecule has 1 aromatic rings. The van der Waals surface area contributed by atoms with Crippen molar-refractivity contribution in [1.82, 2.24) is 4.90 Å². The molecule has 5 heteroatoms. The van der Waals surface area contributed by atoms with E-state index in [0.29, 0.717) is 0 Å². The number of aryl methyl sites for hydroxylation is 1. The lowest BCUT2D eigenvalue weighted by Gasteiger charge is -2.33. The van der Waals surface area contributed by atoms with Gasteiger partial charge in [-0.15, -0.1) is 0 Å². The number of hydrogen-bond donors (Lipinski definition) is 1. The van der Waals surface area contributed by atoms with Gasteiger partial charge in [0.25, 0.3) is 0 Å². The average molecular weight is 291 g/mol. The molecule has 0 aromatic heterocycles. The van der Waals surface area contributed by atoms with Crippen LogP contribution in [0.1, 0.15) is 30.5 Å². The second-order valence-corrected chi connectivity index (χ2v) is 5.83. The van der Waals surface area contributed by atoms with Crippen molar-refractivity contribution in [3.8, 4) is 0 Å².